The SMILES string of the molecule is Cc1ccc(N2C[C@@H](NC(=O)N(CCO)CCO)CC2=O)cc1. The number of carbonyl (C=O) groups excluding carboxylic acids is 2. The van der Waals surface area contributed by atoms with Crippen molar-refractivity contribution in [1.82, 2.24) is 10.2 Å². The van der Waals surface area contributed by atoms with Crippen molar-refractivity contribution < 1.29 is 19.8 Å². The Balaban J connectivity index is 1.96. The fourth-order valence-electron chi connectivity index (χ4n) is 2.60. The van der Waals surface area contributed by atoms with E-state index in [1.165, 1.54) is 4.90 Å². The molecule has 0 bridgehead atoms. The van der Waals surface area contributed by atoms with E-state index in [1.807, 2.05) is 31.2 Å². The molecule has 7 heteroatoms. The zero-order valence-electron chi connectivity index (χ0n) is 13.2. The Bertz CT molecular complexity index is 541. The molecule has 0 saturated carbocycles. The highest BCUT2D eigenvalue weighted by Crippen LogP contribution is 2.22. The van der Waals surface area contributed by atoms with Gasteiger partial charge in [-0.05, 0) is 19.1 Å². The average molecular weight is 321 g/mol. The summed E-state index contributed by atoms with van der Waals surface area (Å²) < 4.78 is 0. The number of aliphatic hydroxyl groups is 2. The Hall–Kier alpha value is -2.12. The minimum absolute atomic E-state index is 0.0324. The third kappa shape index (κ3) is 4.43. The maximum atomic E-state index is 12.2. The molecule has 1 fully saturated rings. The number of hydrogen-bond acceptors (Lipinski definition) is 4. The van der Waals surface area contributed by atoms with Gasteiger partial charge in [0.15, 0.2) is 0 Å². The molecule has 0 aliphatic carbocycles. The topological polar surface area (TPSA) is 93.1 Å². The molecular formula is C16H23N3O4. The molecule has 0 spiro atoms. The number of nitrogens with one attached hydrogen (secondary N) is 1. The van der Waals surface area contributed by atoms with Gasteiger partial charge in [0, 0.05) is 31.7 Å². The van der Waals surface area contributed by atoms with Crippen molar-refractivity contribution in [3.8, 4) is 0 Å². The molecule has 23 heavy (non-hydrogen) atoms. The van der Waals surface area contributed by atoms with Crippen LogP contribution in [0.15, 0.2) is 24.3 Å². The van der Waals surface area contributed by atoms with E-state index < -0.39 is 0 Å². The summed E-state index contributed by atoms with van der Waals surface area (Å²) in [7, 11) is 0. The first-order valence-electron chi connectivity index (χ1n) is 7.69. The van der Waals surface area contributed by atoms with Crippen molar-refractivity contribution in [2.75, 3.05) is 37.7 Å². The van der Waals surface area contributed by atoms with Crippen LogP contribution in [0.1, 0.15) is 12.0 Å². The molecular weight excluding hydrogens is 298 g/mol. The summed E-state index contributed by atoms with van der Waals surface area (Å²) in [5.41, 5.74) is 1.94. The maximum Gasteiger partial charge on any atom is 0.317 e. The lowest BCUT2D eigenvalue weighted by Crippen LogP contribution is -2.47. The number of aryl methyl sites for hydroxylation is 1. The predicted molar refractivity (Wildman–Crippen MR) is 86.2 cm³/mol. The van der Waals surface area contributed by atoms with Gasteiger partial charge >= 0.3 is 6.03 Å². The molecule has 0 radical (unpaired) electrons. The molecule has 3 amide bonds. The van der Waals surface area contributed by atoms with Crippen LogP contribution in [0.2, 0.25) is 0 Å². The van der Waals surface area contributed by atoms with Gasteiger partial charge < -0.3 is 25.3 Å². The summed E-state index contributed by atoms with van der Waals surface area (Å²) in [6, 6.07) is 7.01. The fourth-order valence-corrected chi connectivity index (χ4v) is 2.60. The summed E-state index contributed by atoms with van der Waals surface area (Å²) in [4.78, 5) is 27.3. The van der Waals surface area contributed by atoms with E-state index in [4.69, 9.17) is 10.2 Å². The molecule has 1 aromatic carbocycles. The molecule has 0 aromatic heterocycles. The largest absolute Gasteiger partial charge is 0.395 e. The van der Waals surface area contributed by atoms with Gasteiger partial charge in [-0.1, -0.05) is 17.7 Å². The van der Waals surface area contributed by atoms with Gasteiger partial charge in [0.05, 0.1) is 19.3 Å². The first kappa shape index (κ1) is 17.2. The number of aliphatic hydroxyl groups excluding tert-OH is 2. The summed E-state index contributed by atoms with van der Waals surface area (Å²) in [6.45, 7) is 2.34. The zero-order chi connectivity index (χ0) is 16.8. The highest BCUT2D eigenvalue weighted by Gasteiger charge is 2.32. The van der Waals surface area contributed by atoms with Gasteiger partial charge in [-0.25, -0.2) is 4.79 Å². The second-order valence-corrected chi connectivity index (χ2v) is 5.62. The lowest BCUT2D eigenvalue weighted by molar-refractivity contribution is -0.117. The van der Waals surface area contributed by atoms with E-state index in [1.54, 1.807) is 4.90 Å². The van der Waals surface area contributed by atoms with E-state index in [0.29, 0.717) is 6.54 Å². The number of benzene rings is 1. The number of carbonyl (C=O) groups is 2. The first-order chi connectivity index (χ1) is 11.0. The third-order valence-corrected chi connectivity index (χ3v) is 3.83. The normalized spacial score (nSPS) is 17.4. The van der Waals surface area contributed by atoms with Gasteiger partial charge in [-0.15, -0.1) is 0 Å². The number of rotatable bonds is 6. The number of nitrogens with zero attached hydrogens (tertiary/aromatic N) is 2. The Morgan fingerprint density at radius 3 is 2.43 bits per heavy atom. The van der Waals surface area contributed by atoms with Crippen LogP contribution >= 0.6 is 0 Å². The fraction of sp³-hybridized carbons (Fsp3) is 0.500. The van der Waals surface area contributed by atoms with Crippen LogP contribution in [0.5, 0.6) is 0 Å². The number of hydrogen-bond donors (Lipinski definition) is 3. The molecule has 1 aromatic rings. The van der Waals surface area contributed by atoms with Gasteiger partial charge in [0.25, 0.3) is 0 Å². The summed E-state index contributed by atoms with van der Waals surface area (Å²) >= 11 is 0. The van der Waals surface area contributed by atoms with E-state index in [9.17, 15) is 9.59 Å². The van der Waals surface area contributed by atoms with Crippen molar-refractivity contribution in [2.24, 2.45) is 0 Å². The number of urea groups is 1. The van der Waals surface area contributed by atoms with E-state index in [-0.39, 0.29) is 50.7 Å². The van der Waals surface area contributed by atoms with Crippen molar-refractivity contribution in [3.05, 3.63) is 29.8 Å². The van der Waals surface area contributed by atoms with Crippen molar-refractivity contribution in [2.45, 2.75) is 19.4 Å². The van der Waals surface area contributed by atoms with Gasteiger partial charge in [0.2, 0.25) is 5.91 Å². The quantitative estimate of drug-likeness (QED) is 0.693. The van der Waals surface area contributed by atoms with Crippen molar-refractivity contribution >= 4 is 17.6 Å². The lowest BCUT2D eigenvalue weighted by atomic mass is 10.2. The Labute approximate surface area is 135 Å². The van der Waals surface area contributed by atoms with Gasteiger partial charge in [-0.3, -0.25) is 4.79 Å². The second kappa shape index (κ2) is 7.94. The molecule has 1 aliphatic rings. The van der Waals surface area contributed by atoms with E-state index in [0.717, 1.165) is 11.3 Å². The van der Waals surface area contributed by atoms with Crippen molar-refractivity contribution in [1.29, 1.82) is 0 Å². The van der Waals surface area contributed by atoms with Crippen LogP contribution in [0.25, 0.3) is 0 Å². The van der Waals surface area contributed by atoms with Crippen molar-refractivity contribution in [3.63, 3.8) is 0 Å². The standard InChI is InChI=1S/C16H23N3O4/c1-12-2-4-14(5-3-12)19-11-13(10-15(19)22)17-16(23)18(6-8-20)7-9-21/h2-5,13,20-21H,6-11H2,1H3,(H,17,23)/t13-/m0/s1. The maximum absolute atomic E-state index is 12.2. The number of amides is 3. The molecule has 2 rings (SSSR count). The second-order valence-electron chi connectivity index (χ2n) is 5.62. The molecule has 1 saturated heterocycles. The number of anilines is 1. The highest BCUT2D eigenvalue weighted by molar-refractivity contribution is 5.96. The minimum Gasteiger partial charge on any atom is -0.395 e. The molecule has 1 atom stereocenters. The summed E-state index contributed by atoms with van der Waals surface area (Å²) in [5, 5.41) is 20.7. The minimum atomic E-state index is -0.378. The van der Waals surface area contributed by atoms with Gasteiger partial charge in [-0.2, -0.15) is 0 Å². The average Bonchev–Trinajstić information content (AvgIpc) is 2.88. The van der Waals surface area contributed by atoms with E-state index >= 15 is 0 Å². The molecule has 0 unspecified atom stereocenters. The molecule has 3 N–H and O–H groups in total. The third-order valence-electron chi connectivity index (χ3n) is 3.83. The molecule has 7 nitrogen and oxygen atoms in total. The van der Waals surface area contributed by atoms with Crippen LogP contribution in [-0.4, -0.2) is 65.9 Å². The summed E-state index contributed by atoms with van der Waals surface area (Å²) in [5.74, 6) is -0.0324. The highest BCUT2D eigenvalue weighted by atomic mass is 16.3. The van der Waals surface area contributed by atoms with Crippen LogP contribution in [0.3, 0.4) is 0 Å². The first-order valence-corrected chi connectivity index (χ1v) is 7.69. The molecule has 1 heterocycles. The van der Waals surface area contributed by atoms with Gasteiger partial charge in [0.1, 0.15) is 0 Å². The Morgan fingerprint density at radius 2 is 1.87 bits per heavy atom. The smallest absolute Gasteiger partial charge is 0.317 e. The molecule has 126 valence electrons. The Kier molecular flexibility index (Phi) is 5.95. The Morgan fingerprint density at radius 1 is 1.26 bits per heavy atom. The van der Waals surface area contributed by atoms with Crippen LogP contribution in [0.4, 0.5) is 10.5 Å². The molecule has 1 aliphatic heterocycles. The zero-order valence-corrected chi connectivity index (χ0v) is 13.2. The summed E-state index contributed by atoms with van der Waals surface area (Å²) in [6.07, 6.45) is 0.242. The predicted octanol–water partition coefficient (Wildman–Crippen LogP) is 0.0965. The monoisotopic (exact) mass is 321 g/mol. The lowest BCUT2D eigenvalue weighted by Gasteiger charge is -2.23. The van der Waals surface area contributed by atoms with Crippen LogP contribution in [-0.2, 0) is 4.79 Å². The van der Waals surface area contributed by atoms with E-state index in [2.05, 4.69) is 5.32 Å². The van der Waals surface area contributed by atoms with Crippen LogP contribution < -0.4 is 10.2 Å². The van der Waals surface area contributed by atoms with Crippen LogP contribution in [0, 0.1) is 6.92 Å².